The van der Waals surface area contributed by atoms with Gasteiger partial charge in [0, 0.05) is 6.54 Å². The fourth-order valence-corrected chi connectivity index (χ4v) is 3.18. The first-order valence-corrected chi connectivity index (χ1v) is 8.16. The van der Waals surface area contributed by atoms with Crippen LogP contribution in [0.1, 0.15) is 23.7 Å². The van der Waals surface area contributed by atoms with Gasteiger partial charge in [0.05, 0.1) is 0 Å². The van der Waals surface area contributed by atoms with Gasteiger partial charge in [-0.25, -0.2) is 0 Å². The Morgan fingerprint density at radius 2 is 2.20 bits per heavy atom. The summed E-state index contributed by atoms with van der Waals surface area (Å²) in [6.45, 7) is 2.92. The van der Waals surface area contributed by atoms with Crippen LogP contribution in [0.25, 0.3) is 0 Å². The summed E-state index contributed by atoms with van der Waals surface area (Å²) in [6.07, 6.45) is 4.41. The second-order valence-corrected chi connectivity index (χ2v) is 5.93. The van der Waals surface area contributed by atoms with Gasteiger partial charge < -0.3 is 10.6 Å². The molecule has 20 heavy (non-hydrogen) atoms. The summed E-state index contributed by atoms with van der Waals surface area (Å²) in [4.78, 5) is 12.3. The van der Waals surface area contributed by atoms with Crippen molar-refractivity contribution in [3.63, 3.8) is 0 Å². The summed E-state index contributed by atoms with van der Waals surface area (Å²) in [5, 5.41) is 6.38. The highest BCUT2D eigenvalue weighted by molar-refractivity contribution is 7.99. The number of thioether (sulfide) groups is 1. The zero-order chi connectivity index (χ0) is 13.5. The molecule has 1 saturated heterocycles. The molecule has 0 spiro atoms. The lowest BCUT2D eigenvalue weighted by Crippen LogP contribution is -2.39. The molecule has 5 heteroatoms. The zero-order valence-corrected chi connectivity index (χ0v) is 13.4. The van der Waals surface area contributed by atoms with Gasteiger partial charge in [-0.2, -0.15) is 0 Å². The molecule has 0 aromatic heterocycles. The molecule has 2 rings (SSSR count). The van der Waals surface area contributed by atoms with E-state index in [1.54, 1.807) is 11.8 Å². The number of benzene rings is 1. The number of halogens is 1. The van der Waals surface area contributed by atoms with Crippen LogP contribution in [0.5, 0.6) is 0 Å². The highest BCUT2D eigenvalue weighted by atomic mass is 35.5. The van der Waals surface area contributed by atoms with E-state index in [0.717, 1.165) is 25.2 Å². The predicted molar refractivity (Wildman–Crippen MR) is 88.5 cm³/mol. The Bertz CT molecular complexity index is 396. The number of carbonyl (C=O) groups excluding carboxylic acids is 1. The Balaban J connectivity index is 0.00000200. The van der Waals surface area contributed by atoms with Crippen LogP contribution in [-0.2, 0) is 4.79 Å². The molecule has 2 atom stereocenters. The zero-order valence-electron chi connectivity index (χ0n) is 11.8. The maximum atomic E-state index is 12.3. The summed E-state index contributed by atoms with van der Waals surface area (Å²) < 4.78 is 0. The van der Waals surface area contributed by atoms with E-state index in [1.165, 1.54) is 12.8 Å². The molecule has 1 amide bonds. The van der Waals surface area contributed by atoms with E-state index in [-0.39, 0.29) is 23.6 Å². The van der Waals surface area contributed by atoms with Gasteiger partial charge >= 0.3 is 0 Å². The largest absolute Gasteiger partial charge is 0.355 e. The molecular weight excluding hydrogens is 292 g/mol. The summed E-state index contributed by atoms with van der Waals surface area (Å²) in [5.74, 6) is 0.709. The number of nitrogens with one attached hydrogen (secondary N) is 2. The average Bonchev–Trinajstić information content (AvgIpc) is 2.48. The van der Waals surface area contributed by atoms with Crippen molar-refractivity contribution in [2.24, 2.45) is 5.92 Å². The molecule has 2 N–H and O–H groups in total. The molecule has 0 aliphatic carbocycles. The molecule has 1 fully saturated rings. The van der Waals surface area contributed by atoms with Gasteiger partial charge in [-0.05, 0) is 43.7 Å². The third-order valence-corrected chi connectivity index (χ3v) is 4.50. The van der Waals surface area contributed by atoms with Crippen LogP contribution in [0.2, 0.25) is 0 Å². The summed E-state index contributed by atoms with van der Waals surface area (Å²) >= 11 is 1.59. The topological polar surface area (TPSA) is 41.1 Å². The van der Waals surface area contributed by atoms with E-state index in [4.69, 9.17) is 0 Å². The first-order chi connectivity index (χ1) is 9.31. The summed E-state index contributed by atoms with van der Waals surface area (Å²) in [6, 6.07) is 9.98. The van der Waals surface area contributed by atoms with Gasteiger partial charge in [0.25, 0.3) is 0 Å². The number of rotatable bonds is 5. The maximum Gasteiger partial charge on any atom is 0.237 e. The number of carbonyl (C=O) groups is 1. The number of hydrogen-bond acceptors (Lipinski definition) is 3. The minimum atomic E-state index is -0.0993. The number of hydrogen-bond donors (Lipinski definition) is 2. The van der Waals surface area contributed by atoms with Gasteiger partial charge in [-0.15, -0.1) is 24.2 Å². The Hall–Kier alpha value is -0.710. The maximum absolute atomic E-state index is 12.3. The first-order valence-electron chi connectivity index (χ1n) is 6.87. The van der Waals surface area contributed by atoms with E-state index in [2.05, 4.69) is 10.6 Å². The van der Waals surface area contributed by atoms with Crippen LogP contribution in [-0.4, -0.2) is 31.8 Å². The molecule has 0 bridgehead atoms. The van der Waals surface area contributed by atoms with Crippen molar-refractivity contribution in [3.8, 4) is 0 Å². The second-order valence-electron chi connectivity index (χ2n) is 4.98. The smallest absolute Gasteiger partial charge is 0.237 e. The second kappa shape index (κ2) is 9.27. The van der Waals surface area contributed by atoms with Crippen molar-refractivity contribution < 1.29 is 4.79 Å². The lowest BCUT2D eigenvalue weighted by Gasteiger charge is -2.24. The van der Waals surface area contributed by atoms with E-state index in [1.807, 2.05) is 36.6 Å². The van der Waals surface area contributed by atoms with Crippen LogP contribution in [0, 0.1) is 5.92 Å². The van der Waals surface area contributed by atoms with Crippen LogP contribution in [0.4, 0.5) is 0 Å². The van der Waals surface area contributed by atoms with E-state index in [0.29, 0.717) is 5.92 Å². The van der Waals surface area contributed by atoms with Crippen molar-refractivity contribution in [2.75, 3.05) is 25.9 Å². The SMILES string of the molecule is CSC(C(=O)NCC1CCCNC1)c1ccccc1.Cl. The van der Waals surface area contributed by atoms with Crippen LogP contribution in [0.15, 0.2) is 30.3 Å². The van der Waals surface area contributed by atoms with Crippen molar-refractivity contribution in [2.45, 2.75) is 18.1 Å². The summed E-state index contributed by atoms with van der Waals surface area (Å²) in [5.41, 5.74) is 1.08. The molecule has 0 radical (unpaired) electrons. The van der Waals surface area contributed by atoms with Gasteiger partial charge in [0.1, 0.15) is 5.25 Å². The standard InChI is InChI=1S/C15H22N2OS.ClH/c1-19-14(13-7-3-2-4-8-13)15(18)17-11-12-6-5-9-16-10-12;/h2-4,7-8,12,14,16H,5-6,9-11H2,1H3,(H,17,18);1H. The molecule has 1 aromatic carbocycles. The molecule has 1 aliphatic rings. The highest BCUT2D eigenvalue weighted by Crippen LogP contribution is 2.26. The van der Waals surface area contributed by atoms with Crippen LogP contribution >= 0.6 is 24.2 Å². The van der Waals surface area contributed by atoms with Crippen molar-refractivity contribution >= 4 is 30.1 Å². The third kappa shape index (κ3) is 5.00. The van der Waals surface area contributed by atoms with Gasteiger partial charge in [0.15, 0.2) is 0 Å². The van der Waals surface area contributed by atoms with Crippen molar-refractivity contribution in [1.29, 1.82) is 0 Å². The fourth-order valence-electron chi connectivity index (χ4n) is 2.46. The molecule has 2 unspecified atom stereocenters. The number of amides is 1. The normalized spacial score (nSPS) is 19.8. The van der Waals surface area contributed by atoms with E-state index < -0.39 is 0 Å². The van der Waals surface area contributed by atoms with Crippen molar-refractivity contribution in [3.05, 3.63) is 35.9 Å². The molecule has 1 heterocycles. The van der Waals surface area contributed by atoms with Gasteiger partial charge in [0.2, 0.25) is 5.91 Å². The van der Waals surface area contributed by atoms with E-state index in [9.17, 15) is 4.79 Å². The van der Waals surface area contributed by atoms with Crippen molar-refractivity contribution in [1.82, 2.24) is 10.6 Å². The molecule has 112 valence electrons. The van der Waals surface area contributed by atoms with E-state index >= 15 is 0 Å². The molecule has 1 aliphatic heterocycles. The first kappa shape index (κ1) is 17.3. The van der Waals surface area contributed by atoms with Crippen LogP contribution < -0.4 is 10.6 Å². The van der Waals surface area contributed by atoms with Crippen LogP contribution in [0.3, 0.4) is 0 Å². The number of piperidine rings is 1. The summed E-state index contributed by atoms with van der Waals surface area (Å²) in [7, 11) is 0. The molecule has 0 saturated carbocycles. The quantitative estimate of drug-likeness (QED) is 0.878. The average molecular weight is 315 g/mol. The Labute approximate surface area is 131 Å². The minimum absolute atomic E-state index is 0. The Kier molecular flexibility index (Phi) is 8.04. The lowest BCUT2D eigenvalue weighted by molar-refractivity contribution is -0.120. The minimum Gasteiger partial charge on any atom is -0.355 e. The Morgan fingerprint density at radius 1 is 1.45 bits per heavy atom. The highest BCUT2D eigenvalue weighted by Gasteiger charge is 2.20. The monoisotopic (exact) mass is 314 g/mol. The third-order valence-electron chi connectivity index (χ3n) is 3.54. The van der Waals surface area contributed by atoms with Gasteiger partial charge in [-0.1, -0.05) is 30.3 Å². The molecular formula is C15H23ClN2OS. The predicted octanol–water partition coefficient (Wildman–Crippen LogP) is 2.63. The van der Waals surface area contributed by atoms with Gasteiger partial charge in [-0.3, -0.25) is 4.79 Å². The molecule has 3 nitrogen and oxygen atoms in total. The Morgan fingerprint density at radius 3 is 2.80 bits per heavy atom. The molecule has 1 aromatic rings. The fraction of sp³-hybridized carbons (Fsp3) is 0.533. The lowest BCUT2D eigenvalue weighted by atomic mass is 9.99.